The van der Waals surface area contributed by atoms with Crippen LogP contribution < -0.4 is 5.73 Å². The Bertz CT molecular complexity index is 716. The fourth-order valence-corrected chi connectivity index (χ4v) is 2.25. The first-order valence-corrected chi connectivity index (χ1v) is 6.66. The average Bonchev–Trinajstić information content (AvgIpc) is 2.88. The van der Waals surface area contributed by atoms with Gasteiger partial charge in [-0.3, -0.25) is 4.39 Å². The molecule has 3 aromatic rings. The molecule has 0 saturated heterocycles. The van der Waals surface area contributed by atoms with Crippen LogP contribution in [0.15, 0.2) is 48.8 Å². The highest BCUT2D eigenvalue weighted by Crippen LogP contribution is 2.21. The number of aryl methyl sites for hydroxylation is 1. The van der Waals surface area contributed by atoms with Gasteiger partial charge in [-0.05, 0) is 24.5 Å². The third-order valence-corrected chi connectivity index (χ3v) is 3.33. The fraction of sp³-hybridized carbons (Fsp3) is 0.188. The van der Waals surface area contributed by atoms with Crippen molar-refractivity contribution in [2.45, 2.75) is 12.8 Å². The Morgan fingerprint density at radius 3 is 2.70 bits per heavy atom. The topological polar surface area (TPSA) is 43.3 Å². The zero-order valence-corrected chi connectivity index (χ0v) is 11.1. The maximum Gasteiger partial charge on any atom is 0.139 e. The minimum absolute atomic E-state index is 0.268. The maximum atomic E-state index is 12.2. The first-order valence-electron chi connectivity index (χ1n) is 6.66. The van der Waals surface area contributed by atoms with Crippen molar-refractivity contribution in [2.24, 2.45) is 0 Å². The SMILES string of the molecule is Nc1ccn2cc(-c3ccc(CCCF)cc3)nc2c1. The Hall–Kier alpha value is -2.36. The van der Waals surface area contributed by atoms with Gasteiger partial charge in [0, 0.05) is 29.7 Å². The van der Waals surface area contributed by atoms with Crippen molar-refractivity contribution in [3.63, 3.8) is 0 Å². The number of benzene rings is 1. The number of alkyl halides is 1. The summed E-state index contributed by atoms with van der Waals surface area (Å²) in [6, 6.07) is 11.8. The molecule has 4 heteroatoms. The molecule has 3 nitrogen and oxygen atoms in total. The number of rotatable bonds is 4. The summed E-state index contributed by atoms with van der Waals surface area (Å²) in [6.45, 7) is -0.268. The lowest BCUT2D eigenvalue weighted by Crippen LogP contribution is -1.87. The molecule has 2 N–H and O–H groups in total. The summed E-state index contributed by atoms with van der Waals surface area (Å²) in [4.78, 5) is 4.56. The Morgan fingerprint density at radius 2 is 1.95 bits per heavy atom. The maximum absolute atomic E-state index is 12.2. The summed E-state index contributed by atoms with van der Waals surface area (Å²) in [6.07, 6.45) is 5.23. The number of anilines is 1. The van der Waals surface area contributed by atoms with Crippen molar-refractivity contribution in [3.05, 3.63) is 54.4 Å². The molecule has 1 aromatic carbocycles. The van der Waals surface area contributed by atoms with Crippen LogP contribution in [0.3, 0.4) is 0 Å². The molecule has 0 spiro atoms. The summed E-state index contributed by atoms with van der Waals surface area (Å²) in [5.41, 5.74) is 10.4. The average molecular weight is 269 g/mol. The van der Waals surface area contributed by atoms with Crippen molar-refractivity contribution >= 4 is 11.3 Å². The Balaban J connectivity index is 1.90. The van der Waals surface area contributed by atoms with Crippen molar-refractivity contribution < 1.29 is 4.39 Å². The largest absolute Gasteiger partial charge is 0.399 e. The molecule has 0 bridgehead atoms. The molecule has 0 aliphatic carbocycles. The number of nitrogens with zero attached hydrogens (tertiary/aromatic N) is 2. The van der Waals surface area contributed by atoms with E-state index in [-0.39, 0.29) is 6.67 Å². The predicted octanol–water partition coefficient (Wildman–Crippen LogP) is 3.49. The zero-order chi connectivity index (χ0) is 13.9. The van der Waals surface area contributed by atoms with Crippen LogP contribution >= 0.6 is 0 Å². The standard InChI is InChI=1S/C16H16FN3/c17-8-1-2-12-3-5-13(6-4-12)15-11-20-9-7-14(18)10-16(20)19-15/h3-7,9-11H,1-2,8,18H2. The van der Waals surface area contributed by atoms with Crippen LogP contribution in [-0.2, 0) is 6.42 Å². The number of hydrogen-bond donors (Lipinski definition) is 1. The minimum Gasteiger partial charge on any atom is -0.399 e. The Kier molecular flexibility index (Phi) is 3.37. The van der Waals surface area contributed by atoms with E-state index < -0.39 is 0 Å². The fourth-order valence-electron chi connectivity index (χ4n) is 2.25. The van der Waals surface area contributed by atoms with E-state index in [2.05, 4.69) is 4.98 Å². The third kappa shape index (κ3) is 2.50. The van der Waals surface area contributed by atoms with Crippen LogP contribution in [0.5, 0.6) is 0 Å². The normalized spacial score (nSPS) is 11.1. The van der Waals surface area contributed by atoms with E-state index in [1.807, 2.05) is 53.2 Å². The lowest BCUT2D eigenvalue weighted by atomic mass is 10.1. The highest BCUT2D eigenvalue weighted by Gasteiger charge is 2.04. The number of hydrogen-bond acceptors (Lipinski definition) is 2. The number of nitrogens with two attached hydrogens (primary N) is 1. The van der Waals surface area contributed by atoms with Gasteiger partial charge in [0.2, 0.25) is 0 Å². The van der Waals surface area contributed by atoms with Crippen molar-refractivity contribution in [1.29, 1.82) is 0 Å². The molecule has 2 heterocycles. The van der Waals surface area contributed by atoms with Crippen LogP contribution in [0.1, 0.15) is 12.0 Å². The van der Waals surface area contributed by atoms with Gasteiger partial charge in [-0.25, -0.2) is 4.98 Å². The number of halogens is 1. The minimum atomic E-state index is -0.268. The van der Waals surface area contributed by atoms with Crippen LogP contribution in [0, 0.1) is 0 Å². The van der Waals surface area contributed by atoms with Crippen LogP contribution in [0.4, 0.5) is 10.1 Å². The van der Waals surface area contributed by atoms with Gasteiger partial charge in [0.05, 0.1) is 12.4 Å². The smallest absolute Gasteiger partial charge is 0.139 e. The first kappa shape index (κ1) is 12.7. The zero-order valence-electron chi connectivity index (χ0n) is 11.1. The lowest BCUT2D eigenvalue weighted by Gasteiger charge is -2.00. The molecular weight excluding hydrogens is 253 g/mol. The number of aromatic nitrogens is 2. The van der Waals surface area contributed by atoms with E-state index >= 15 is 0 Å². The molecule has 3 rings (SSSR count). The molecule has 0 saturated carbocycles. The highest BCUT2D eigenvalue weighted by molar-refractivity contribution is 5.64. The molecule has 2 aromatic heterocycles. The second kappa shape index (κ2) is 5.33. The van der Waals surface area contributed by atoms with E-state index in [9.17, 15) is 4.39 Å². The van der Waals surface area contributed by atoms with Crippen LogP contribution in [-0.4, -0.2) is 16.1 Å². The molecule has 0 unspecified atom stereocenters. The third-order valence-electron chi connectivity index (χ3n) is 3.33. The highest BCUT2D eigenvalue weighted by atomic mass is 19.1. The molecule has 0 fully saturated rings. The monoisotopic (exact) mass is 269 g/mol. The van der Waals surface area contributed by atoms with E-state index in [1.165, 1.54) is 0 Å². The van der Waals surface area contributed by atoms with Gasteiger partial charge >= 0.3 is 0 Å². The second-order valence-corrected chi connectivity index (χ2v) is 4.84. The van der Waals surface area contributed by atoms with Crippen molar-refractivity contribution in [3.8, 4) is 11.3 Å². The van der Waals surface area contributed by atoms with E-state index in [0.29, 0.717) is 12.1 Å². The van der Waals surface area contributed by atoms with Gasteiger partial charge in [-0.1, -0.05) is 24.3 Å². The van der Waals surface area contributed by atoms with E-state index in [1.54, 1.807) is 0 Å². The molecule has 102 valence electrons. The number of imidazole rings is 1. The quantitative estimate of drug-likeness (QED) is 0.788. The summed E-state index contributed by atoms with van der Waals surface area (Å²) in [5.74, 6) is 0. The van der Waals surface area contributed by atoms with E-state index in [4.69, 9.17) is 5.73 Å². The summed E-state index contributed by atoms with van der Waals surface area (Å²) in [7, 11) is 0. The summed E-state index contributed by atoms with van der Waals surface area (Å²) >= 11 is 0. The second-order valence-electron chi connectivity index (χ2n) is 4.84. The molecule has 0 aliphatic rings. The number of pyridine rings is 1. The van der Waals surface area contributed by atoms with Gasteiger partial charge < -0.3 is 10.1 Å². The Morgan fingerprint density at radius 1 is 1.15 bits per heavy atom. The molecule has 0 amide bonds. The van der Waals surface area contributed by atoms with Crippen LogP contribution in [0.25, 0.3) is 16.9 Å². The van der Waals surface area contributed by atoms with Crippen molar-refractivity contribution in [1.82, 2.24) is 9.38 Å². The predicted molar refractivity (Wildman–Crippen MR) is 79.3 cm³/mol. The first-order chi connectivity index (χ1) is 9.76. The Labute approximate surface area is 116 Å². The van der Waals surface area contributed by atoms with Gasteiger partial charge in [-0.15, -0.1) is 0 Å². The van der Waals surface area contributed by atoms with E-state index in [0.717, 1.165) is 28.9 Å². The number of fused-ring (bicyclic) bond motifs is 1. The molecule has 0 aliphatic heterocycles. The van der Waals surface area contributed by atoms with Gasteiger partial charge in [-0.2, -0.15) is 0 Å². The van der Waals surface area contributed by atoms with Crippen molar-refractivity contribution in [2.75, 3.05) is 12.4 Å². The lowest BCUT2D eigenvalue weighted by molar-refractivity contribution is 0.473. The van der Waals surface area contributed by atoms with Gasteiger partial charge in [0.15, 0.2) is 0 Å². The molecule has 0 atom stereocenters. The summed E-state index contributed by atoms with van der Waals surface area (Å²) in [5, 5.41) is 0. The molecule has 20 heavy (non-hydrogen) atoms. The van der Waals surface area contributed by atoms with Crippen LogP contribution in [0.2, 0.25) is 0 Å². The van der Waals surface area contributed by atoms with Gasteiger partial charge in [0.25, 0.3) is 0 Å². The molecule has 0 radical (unpaired) electrons. The number of nitrogen functional groups attached to an aromatic ring is 1. The summed E-state index contributed by atoms with van der Waals surface area (Å²) < 4.78 is 14.1. The molecular formula is C16H16FN3. The van der Waals surface area contributed by atoms with Gasteiger partial charge in [0.1, 0.15) is 5.65 Å².